The smallest absolute Gasteiger partial charge is 0.411 e. The van der Waals surface area contributed by atoms with Crippen molar-refractivity contribution in [3.63, 3.8) is 0 Å². The fourth-order valence-electron chi connectivity index (χ4n) is 5.38. The average Bonchev–Trinajstić information content (AvgIpc) is 3.74. The molecule has 0 spiro atoms. The lowest BCUT2D eigenvalue weighted by Crippen LogP contribution is -2.32. The van der Waals surface area contributed by atoms with Crippen molar-refractivity contribution < 1.29 is 14.6 Å². The number of ether oxygens (including phenoxy) is 1. The molecule has 2 aromatic carbocycles. The maximum atomic E-state index is 13.2. The number of aromatic nitrogens is 7. The number of hydrogen-bond acceptors (Lipinski definition) is 7. The summed E-state index contributed by atoms with van der Waals surface area (Å²) >= 11 is 6.42. The first kappa shape index (κ1) is 26.4. The van der Waals surface area contributed by atoms with Gasteiger partial charge in [-0.25, -0.2) is 14.5 Å². The summed E-state index contributed by atoms with van der Waals surface area (Å²) in [6, 6.07) is 17.6. The molecule has 0 bridgehead atoms. The SMILES string of the molecule is COCCN(C(=O)O)c1ccc(-c2cnc([C@@H]3CC(c4cc(Cl)ccc4-n4cnnn4)c4cccc(=O)n43)[nH]2)cc1. The van der Waals surface area contributed by atoms with E-state index >= 15 is 0 Å². The van der Waals surface area contributed by atoms with Crippen LogP contribution in [0.15, 0.2) is 78.0 Å². The van der Waals surface area contributed by atoms with Crippen molar-refractivity contribution in [3.05, 3.63) is 106 Å². The summed E-state index contributed by atoms with van der Waals surface area (Å²) in [7, 11) is 1.53. The van der Waals surface area contributed by atoms with Crippen LogP contribution in [0, 0.1) is 0 Å². The van der Waals surface area contributed by atoms with Crippen molar-refractivity contribution in [3.8, 4) is 16.9 Å². The number of anilines is 1. The number of pyridine rings is 1. The van der Waals surface area contributed by atoms with Crippen molar-refractivity contribution in [1.29, 1.82) is 0 Å². The van der Waals surface area contributed by atoms with E-state index in [9.17, 15) is 14.7 Å². The van der Waals surface area contributed by atoms with Crippen molar-refractivity contribution in [2.24, 2.45) is 0 Å². The highest BCUT2D eigenvalue weighted by molar-refractivity contribution is 6.30. The average molecular weight is 573 g/mol. The highest BCUT2D eigenvalue weighted by Crippen LogP contribution is 2.44. The number of nitrogens with one attached hydrogen (secondary N) is 1. The van der Waals surface area contributed by atoms with Crippen molar-refractivity contribution >= 4 is 23.4 Å². The largest absolute Gasteiger partial charge is 0.465 e. The van der Waals surface area contributed by atoms with Crippen LogP contribution in [0.2, 0.25) is 5.02 Å². The zero-order valence-electron chi connectivity index (χ0n) is 21.9. The van der Waals surface area contributed by atoms with Gasteiger partial charge in [0.15, 0.2) is 0 Å². The molecule has 0 saturated carbocycles. The van der Waals surface area contributed by atoms with Crippen LogP contribution in [0.4, 0.5) is 10.5 Å². The molecule has 0 saturated heterocycles. The molecule has 0 radical (unpaired) electrons. The first-order valence-corrected chi connectivity index (χ1v) is 13.2. The number of benzene rings is 2. The van der Waals surface area contributed by atoms with E-state index in [-0.39, 0.29) is 30.7 Å². The van der Waals surface area contributed by atoms with Crippen LogP contribution in [0.3, 0.4) is 0 Å². The Morgan fingerprint density at radius 1 is 1.20 bits per heavy atom. The lowest BCUT2D eigenvalue weighted by atomic mass is 9.91. The van der Waals surface area contributed by atoms with Crippen LogP contribution in [0.1, 0.15) is 35.5 Å². The topological polar surface area (TPSA) is 144 Å². The van der Waals surface area contributed by atoms with Gasteiger partial charge in [-0.15, -0.1) is 5.10 Å². The zero-order chi connectivity index (χ0) is 28.5. The Morgan fingerprint density at radius 3 is 2.76 bits per heavy atom. The van der Waals surface area contributed by atoms with E-state index in [1.54, 1.807) is 45.8 Å². The Hall–Kier alpha value is -4.81. The molecule has 2 N–H and O–H groups in total. The van der Waals surface area contributed by atoms with Crippen molar-refractivity contribution in [2.45, 2.75) is 18.4 Å². The minimum Gasteiger partial charge on any atom is -0.465 e. The monoisotopic (exact) mass is 572 g/mol. The van der Waals surface area contributed by atoms with Gasteiger partial charge in [-0.3, -0.25) is 9.69 Å². The third-order valence-corrected chi connectivity index (χ3v) is 7.50. The lowest BCUT2D eigenvalue weighted by Gasteiger charge is -2.19. The van der Waals surface area contributed by atoms with Crippen LogP contribution in [0.5, 0.6) is 0 Å². The molecule has 4 heterocycles. The second-order valence-corrected chi connectivity index (χ2v) is 10.0. The Labute approximate surface area is 238 Å². The molecule has 2 atom stereocenters. The van der Waals surface area contributed by atoms with Gasteiger partial charge in [-0.1, -0.05) is 29.8 Å². The summed E-state index contributed by atoms with van der Waals surface area (Å²) in [6.45, 7) is 0.506. The fraction of sp³-hybridized carbons (Fsp3) is 0.214. The van der Waals surface area contributed by atoms with Gasteiger partial charge >= 0.3 is 6.09 Å². The van der Waals surface area contributed by atoms with Crippen molar-refractivity contribution in [1.82, 2.24) is 34.7 Å². The number of fused-ring (bicyclic) bond motifs is 1. The number of amides is 1. The molecular weight excluding hydrogens is 548 g/mol. The van der Waals surface area contributed by atoms with E-state index in [1.165, 1.54) is 18.3 Å². The van der Waals surface area contributed by atoms with Gasteiger partial charge in [0.25, 0.3) is 5.56 Å². The van der Waals surface area contributed by atoms with Crippen LogP contribution in [-0.4, -0.2) is 66.2 Å². The lowest BCUT2D eigenvalue weighted by molar-refractivity contribution is 0.186. The Balaban J connectivity index is 1.33. The third-order valence-electron chi connectivity index (χ3n) is 7.26. The molecule has 208 valence electrons. The molecule has 0 fully saturated rings. The van der Waals surface area contributed by atoms with Crippen LogP contribution >= 0.6 is 11.6 Å². The summed E-state index contributed by atoms with van der Waals surface area (Å²) in [5, 5.41) is 21.7. The number of nitrogens with zero attached hydrogens (tertiary/aromatic N) is 7. The number of hydrogen-bond donors (Lipinski definition) is 2. The Morgan fingerprint density at radius 2 is 2.02 bits per heavy atom. The normalized spacial score (nSPS) is 16.0. The molecule has 13 heteroatoms. The summed E-state index contributed by atoms with van der Waals surface area (Å²) in [5.74, 6) is 0.466. The molecule has 0 aliphatic carbocycles. The molecule has 1 aliphatic heterocycles. The highest BCUT2D eigenvalue weighted by Gasteiger charge is 2.36. The molecular formula is C28H25ClN8O4. The summed E-state index contributed by atoms with van der Waals surface area (Å²) < 4.78 is 8.38. The minimum absolute atomic E-state index is 0.131. The minimum atomic E-state index is -1.05. The number of aromatic amines is 1. The van der Waals surface area contributed by atoms with Gasteiger partial charge in [0.05, 0.1) is 36.8 Å². The Bertz CT molecular complexity index is 1750. The first-order valence-electron chi connectivity index (χ1n) is 12.8. The van der Waals surface area contributed by atoms with E-state index in [1.807, 2.05) is 30.3 Å². The first-order chi connectivity index (χ1) is 19.9. The second-order valence-electron chi connectivity index (χ2n) is 9.58. The quantitative estimate of drug-likeness (QED) is 0.282. The number of carboxylic acid groups (broad SMARTS) is 1. The molecule has 6 rings (SSSR count). The Kier molecular flexibility index (Phi) is 7.08. The van der Waals surface area contributed by atoms with Crippen LogP contribution in [0.25, 0.3) is 16.9 Å². The molecule has 1 aliphatic rings. The van der Waals surface area contributed by atoms with Gasteiger partial charge in [-0.2, -0.15) is 0 Å². The number of tetrazole rings is 1. The predicted octanol–water partition coefficient (Wildman–Crippen LogP) is 4.12. The maximum Gasteiger partial charge on any atom is 0.411 e. The molecule has 41 heavy (non-hydrogen) atoms. The van der Waals surface area contributed by atoms with Gasteiger partial charge < -0.3 is 19.4 Å². The summed E-state index contributed by atoms with van der Waals surface area (Å²) in [5.41, 5.74) is 4.49. The number of methoxy groups -OCH3 is 1. The zero-order valence-corrected chi connectivity index (χ0v) is 22.6. The van der Waals surface area contributed by atoms with Gasteiger partial charge in [-0.05, 0) is 64.4 Å². The standard InChI is InChI=1S/C28H25ClN8O4/c1-41-12-11-35(28(39)40)19-8-5-17(6-9-19)22-15-30-27(32-22)25-14-21(24-3-2-4-26(38)37(24)25)20-13-18(29)7-10-23(20)36-16-31-33-34-36/h2-10,13,15-16,21,25H,11-12,14H2,1H3,(H,30,32)(H,39,40)/t21?,25-/m0/s1. The van der Waals surface area contributed by atoms with Gasteiger partial charge in [0, 0.05) is 35.5 Å². The van der Waals surface area contributed by atoms with E-state index in [4.69, 9.17) is 16.3 Å². The molecule has 1 amide bonds. The number of carbonyl (C=O) groups is 1. The van der Waals surface area contributed by atoms with Crippen LogP contribution < -0.4 is 10.5 Å². The predicted molar refractivity (Wildman–Crippen MR) is 151 cm³/mol. The third kappa shape index (κ3) is 4.98. The maximum absolute atomic E-state index is 13.2. The van der Waals surface area contributed by atoms with E-state index < -0.39 is 6.09 Å². The van der Waals surface area contributed by atoms with Crippen LogP contribution in [-0.2, 0) is 4.74 Å². The van der Waals surface area contributed by atoms with E-state index in [0.717, 1.165) is 28.2 Å². The second kappa shape index (κ2) is 11.0. The van der Waals surface area contributed by atoms with Crippen molar-refractivity contribution in [2.75, 3.05) is 25.2 Å². The molecule has 1 unspecified atom stereocenters. The summed E-state index contributed by atoms with van der Waals surface area (Å²) in [6.07, 6.45) is 2.75. The van der Waals surface area contributed by atoms with Gasteiger partial charge in [0.1, 0.15) is 12.2 Å². The number of H-pyrrole nitrogens is 1. The number of halogens is 1. The fourth-order valence-corrected chi connectivity index (χ4v) is 5.56. The number of imidazole rings is 1. The van der Waals surface area contributed by atoms with E-state index in [0.29, 0.717) is 23.0 Å². The summed E-state index contributed by atoms with van der Waals surface area (Å²) in [4.78, 5) is 34.1. The molecule has 3 aromatic heterocycles. The molecule has 12 nitrogen and oxygen atoms in total. The highest BCUT2D eigenvalue weighted by atomic mass is 35.5. The number of rotatable bonds is 8. The van der Waals surface area contributed by atoms with Gasteiger partial charge in [0.2, 0.25) is 0 Å². The molecule has 5 aromatic rings. The van der Waals surface area contributed by atoms with E-state index in [2.05, 4.69) is 25.5 Å².